The second kappa shape index (κ2) is 7.63. The van der Waals surface area contributed by atoms with Crippen LogP contribution >= 0.6 is 23.7 Å². The quantitative estimate of drug-likeness (QED) is 0.705. The summed E-state index contributed by atoms with van der Waals surface area (Å²) in [5.41, 5.74) is 1.29. The van der Waals surface area contributed by atoms with E-state index in [0.29, 0.717) is 11.7 Å². The van der Waals surface area contributed by atoms with Gasteiger partial charge in [0.25, 0.3) is 0 Å². The number of phenols is 1. The van der Waals surface area contributed by atoms with Crippen molar-refractivity contribution < 1.29 is 5.11 Å². The molecule has 1 unspecified atom stereocenters. The SMILES string of the molecule is CNCCC(c1cccs1)c1ccc(O)c2ccccc12.Cl. The van der Waals surface area contributed by atoms with E-state index in [0.717, 1.165) is 23.7 Å². The molecule has 2 aromatic carbocycles. The highest BCUT2D eigenvalue weighted by molar-refractivity contribution is 7.10. The number of fused-ring (bicyclic) bond motifs is 1. The highest BCUT2D eigenvalue weighted by atomic mass is 35.5. The van der Waals surface area contributed by atoms with E-state index in [9.17, 15) is 5.11 Å². The first-order valence-electron chi connectivity index (χ1n) is 7.20. The highest BCUT2D eigenvalue weighted by Crippen LogP contribution is 2.37. The molecule has 2 nitrogen and oxygen atoms in total. The highest BCUT2D eigenvalue weighted by Gasteiger charge is 2.18. The van der Waals surface area contributed by atoms with Crippen LogP contribution in [0.1, 0.15) is 22.8 Å². The average molecular weight is 334 g/mol. The van der Waals surface area contributed by atoms with Gasteiger partial charge in [0.2, 0.25) is 0 Å². The summed E-state index contributed by atoms with van der Waals surface area (Å²) in [6.45, 7) is 0.970. The maximum Gasteiger partial charge on any atom is 0.123 e. The third-order valence-corrected chi connectivity index (χ3v) is 4.87. The molecule has 0 aliphatic carbocycles. The average Bonchev–Trinajstić information content (AvgIpc) is 3.04. The Labute approximate surface area is 141 Å². The molecule has 116 valence electrons. The number of benzene rings is 2. The summed E-state index contributed by atoms with van der Waals surface area (Å²) >= 11 is 1.80. The molecule has 0 bridgehead atoms. The third-order valence-electron chi connectivity index (χ3n) is 3.88. The van der Waals surface area contributed by atoms with Gasteiger partial charge in [-0.25, -0.2) is 0 Å². The molecule has 3 rings (SSSR count). The molecular weight excluding hydrogens is 314 g/mol. The summed E-state index contributed by atoms with van der Waals surface area (Å²) < 4.78 is 0. The number of aromatic hydroxyl groups is 1. The van der Waals surface area contributed by atoms with Crippen LogP contribution in [0.4, 0.5) is 0 Å². The second-order valence-electron chi connectivity index (χ2n) is 5.18. The molecule has 0 saturated heterocycles. The van der Waals surface area contributed by atoms with E-state index in [1.54, 1.807) is 11.3 Å². The largest absolute Gasteiger partial charge is 0.507 e. The van der Waals surface area contributed by atoms with Crippen molar-refractivity contribution in [3.63, 3.8) is 0 Å². The smallest absolute Gasteiger partial charge is 0.123 e. The summed E-state index contributed by atoms with van der Waals surface area (Å²) in [6, 6.07) is 16.3. The standard InChI is InChI=1S/C18H19NOS.ClH/c1-19-11-10-16(18-7-4-12-21-18)14-8-9-17(20)15-6-3-2-5-13(14)15;/h2-9,12,16,19-20H,10-11H2,1H3;1H. The first-order valence-corrected chi connectivity index (χ1v) is 8.08. The predicted octanol–water partition coefficient (Wildman–Crippen LogP) is 4.77. The first-order chi connectivity index (χ1) is 10.3. The number of halogens is 1. The van der Waals surface area contributed by atoms with Crippen LogP contribution < -0.4 is 5.32 Å². The number of nitrogens with one attached hydrogen (secondary N) is 1. The fraction of sp³-hybridized carbons (Fsp3) is 0.222. The van der Waals surface area contributed by atoms with Crippen molar-refractivity contribution in [2.45, 2.75) is 12.3 Å². The molecule has 0 aliphatic rings. The Morgan fingerprint density at radius 1 is 1.05 bits per heavy atom. The monoisotopic (exact) mass is 333 g/mol. The van der Waals surface area contributed by atoms with Crippen LogP contribution in [-0.2, 0) is 0 Å². The minimum Gasteiger partial charge on any atom is -0.507 e. The zero-order chi connectivity index (χ0) is 14.7. The van der Waals surface area contributed by atoms with Crippen LogP contribution in [0, 0.1) is 0 Å². The van der Waals surface area contributed by atoms with Gasteiger partial charge in [0.1, 0.15) is 5.75 Å². The summed E-state index contributed by atoms with van der Waals surface area (Å²) in [6.07, 6.45) is 1.05. The third kappa shape index (κ3) is 3.27. The van der Waals surface area contributed by atoms with Crippen LogP contribution in [-0.4, -0.2) is 18.7 Å². The Bertz CT molecular complexity index is 727. The van der Waals surface area contributed by atoms with Crippen molar-refractivity contribution in [3.05, 3.63) is 64.4 Å². The van der Waals surface area contributed by atoms with E-state index in [4.69, 9.17) is 0 Å². The predicted molar refractivity (Wildman–Crippen MR) is 97.6 cm³/mol. The molecular formula is C18H20ClNOS. The van der Waals surface area contributed by atoms with Gasteiger partial charge >= 0.3 is 0 Å². The van der Waals surface area contributed by atoms with E-state index >= 15 is 0 Å². The second-order valence-corrected chi connectivity index (χ2v) is 6.16. The minimum absolute atomic E-state index is 0. The molecule has 22 heavy (non-hydrogen) atoms. The maximum atomic E-state index is 10.1. The number of hydrogen-bond donors (Lipinski definition) is 2. The van der Waals surface area contributed by atoms with E-state index in [1.165, 1.54) is 10.4 Å². The minimum atomic E-state index is 0. The normalized spacial score (nSPS) is 12.0. The fourth-order valence-corrected chi connectivity index (χ4v) is 3.72. The molecule has 3 aromatic rings. The number of rotatable bonds is 5. The molecule has 1 aromatic heterocycles. The van der Waals surface area contributed by atoms with Crippen molar-refractivity contribution in [1.82, 2.24) is 5.32 Å². The molecule has 0 radical (unpaired) electrons. The van der Waals surface area contributed by atoms with Crippen LogP contribution in [0.15, 0.2) is 53.9 Å². The fourth-order valence-electron chi connectivity index (χ4n) is 2.84. The lowest BCUT2D eigenvalue weighted by atomic mass is 9.89. The van der Waals surface area contributed by atoms with E-state index in [-0.39, 0.29) is 12.4 Å². The lowest BCUT2D eigenvalue weighted by Gasteiger charge is -2.18. The van der Waals surface area contributed by atoms with E-state index in [2.05, 4.69) is 35.0 Å². The number of hydrogen-bond acceptors (Lipinski definition) is 3. The van der Waals surface area contributed by atoms with Crippen molar-refractivity contribution in [3.8, 4) is 5.75 Å². The van der Waals surface area contributed by atoms with Crippen molar-refractivity contribution in [1.29, 1.82) is 0 Å². The van der Waals surface area contributed by atoms with Crippen molar-refractivity contribution in [2.75, 3.05) is 13.6 Å². The molecule has 0 spiro atoms. The molecule has 0 amide bonds. The van der Waals surface area contributed by atoms with Gasteiger partial charge in [0.15, 0.2) is 0 Å². The molecule has 0 aliphatic heterocycles. The van der Waals surface area contributed by atoms with Crippen LogP contribution in [0.25, 0.3) is 10.8 Å². The van der Waals surface area contributed by atoms with Crippen LogP contribution in [0.3, 0.4) is 0 Å². The Kier molecular flexibility index (Phi) is 5.83. The van der Waals surface area contributed by atoms with Gasteiger partial charge in [-0.05, 0) is 48.5 Å². The maximum absolute atomic E-state index is 10.1. The topological polar surface area (TPSA) is 32.3 Å². The van der Waals surface area contributed by atoms with Gasteiger partial charge in [0.05, 0.1) is 0 Å². The van der Waals surface area contributed by atoms with E-state index in [1.807, 2.05) is 31.3 Å². The van der Waals surface area contributed by atoms with Crippen molar-refractivity contribution in [2.24, 2.45) is 0 Å². The zero-order valence-corrected chi connectivity index (χ0v) is 14.1. The van der Waals surface area contributed by atoms with Crippen LogP contribution in [0.5, 0.6) is 5.75 Å². The lowest BCUT2D eigenvalue weighted by Crippen LogP contribution is -2.12. The first kappa shape index (κ1) is 16.8. The Morgan fingerprint density at radius 3 is 2.50 bits per heavy atom. The lowest BCUT2D eigenvalue weighted by molar-refractivity contribution is 0.481. The molecule has 1 heterocycles. The van der Waals surface area contributed by atoms with Gasteiger partial charge < -0.3 is 10.4 Å². The molecule has 0 fully saturated rings. The molecule has 2 N–H and O–H groups in total. The zero-order valence-electron chi connectivity index (χ0n) is 12.5. The van der Waals surface area contributed by atoms with Gasteiger partial charge in [0, 0.05) is 16.2 Å². The Hall–Kier alpha value is -1.55. The summed E-state index contributed by atoms with van der Waals surface area (Å²) in [7, 11) is 1.99. The number of phenolic OH excluding ortho intramolecular Hbond substituents is 1. The summed E-state index contributed by atoms with van der Waals surface area (Å²) in [5.74, 6) is 0.718. The Morgan fingerprint density at radius 2 is 1.82 bits per heavy atom. The van der Waals surface area contributed by atoms with Gasteiger partial charge in [-0.1, -0.05) is 36.4 Å². The molecule has 0 saturated carbocycles. The number of thiophene rings is 1. The Balaban J connectivity index is 0.00000176. The van der Waals surface area contributed by atoms with Crippen LogP contribution in [0.2, 0.25) is 0 Å². The molecule has 1 atom stereocenters. The summed E-state index contributed by atoms with van der Waals surface area (Å²) in [4.78, 5) is 1.38. The van der Waals surface area contributed by atoms with Gasteiger partial charge in [-0.2, -0.15) is 0 Å². The van der Waals surface area contributed by atoms with Gasteiger partial charge in [-0.3, -0.25) is 0 Å². The van der Waals surface area contributed by atoms with Crippen molar-refractivity contribution >= 4 is 34.5 Å². The van der Waals surface area contributed by atoms with E-state index < -0.39 is 0 Å². The summed E-state index contributed by atoms with van der Waals surface area (Å²) in [5, 5.41) is 17.5. The molecule has 4 heteroatoms. The van der Waals surface area contributed by atoms with Gasteiger partial charge in [-0.15, -0.1) is 23.7 Å².